The number of likely N-dealkylation sites (tertiary alicyclic amines) is 1. The lowest BCUT2D eigenvalue weighted by molar-refractivity contribution is -0.132. The van der Waals surface area contributed by atoms with E-state index >= 15 is 0 Å². The summed E-state index contributed by atoms with van der Waals surface area (Å²) in [6.45, 7) is 10.8. The number of hydrogen-bond acceptors (Lipinski definition) is 3. The van der Waals surface area contributed by atoms with Crippen LogP contribution in [-0.4, -0.2) is 51.9 Å². The minimum atomic E-state index is 0.198. The summed E-state index contributed by atoms with van der Waals surface area (Å²) >= 11 is 0. The van der Waals surface area contributed by atoms with Gasteiger partial charge >= 0.3 is 0 Å². The lowest BCUT2D eigenvalue weighted by Crippen LogP contribution is -2.41. The van der Waals surface area contributed by atoms with Crippen molar-refractivity contribution >= 4 is 5.91 Å². The summed E-state index contributed by atoms with van der Waals surface area (Å²) in [6.07, 6.45) is 6.95. The highest BCUT2D eigenvalue weighted by Gasteiger charge is 2.31. The van der Waals surface area contributed by atoms with E-state index in [1.54, 1.807) is 0 Å². The fourth-order valence-corrected chi connectivity index (χ4v) is 3.93. The normalized spacial score (nSPS) is 20.8. The van der Waals surface area contributed by atoms with Gasteiger partial charge in [-0.1, -0.05) is 12.2 Å². The van der Waals surface area contributed by atoms with Crippen LogP contribution in [0, 0.1) is 0 Å². The molecule has 1 fully saturated rings. The molecule has 2 aliphatic rings. The highest BCUT2D eigenvalue weighted by Crippen LogP contribution is 2.32. The molecule has 1 aliphatic carbocycles. The van der Waals surface area contributed by atoms with Crippen molar-refractivity contribution in [3.63, 3.8) is 0 Å². The van der Waals surface area contributed by atoms with Crippen molar-refractivity contribution in [3.05, 3.63) is 29.4 Å². The smallest absolute Gasteiger partial charge is 0.237 e. The highest BCUT2D eigenvalue weighted by molar-refractivity contribution is 5.78. The van der Waals surface area contributed by atoms with Crippen LogP contribution in [0.15, 0.2) is 12.2 Å². The average molecular weight is 330 g/mol. The van der Waals surface area contributed by atoms with E-state index in [1.807, 2.05) is 18.7 Å². The first kappa shape index (κ1) is 17.2. The number of imidazole rings is 1. The zero-order valence-electron chi connectivity index (χ0n) is 15.1. The molecule has 5 heteroatoms. The predicted octanol–water partition coefficient (Wildman–Crippen LogP) is 2.85. The summed E-state index contributed by atoms with van der Waals surface area (Å²) in [5.41, 5.74) is 3.61. The molecule has 1 aliphatic heterocycles. The van der Waals surface area contributed by atoms with Crippen LogP contribution in [-0.2, 0) is 17.6 Å². The van der Waals surface area contributed by atoms with Gasteiger partial charge in [-0.25, -0.2) is 4.98 Å². The van der Waals surface area contributed by atoms with Crippen LogP contribution in [0.1, 0.15) is 62.8 Å². The van der Waals surface area contributed by atoms with Gasteiger partial charge in [-0.2, -0.15) is 0 Å². The summed E-state index contributed by atoms with van der Waals surface area (Å²) in [5, 5.41) is 0. The molecule has 2 heterocycles. The molecule has 1 atom stereocenters. The molecule has 0 bridgehead atoms. The van der Waals surface area contributed by atoms with Crippen molar-refractivity contribution in [2.75, 3.05) is 26.2 Å². The maximum Gasteiger partial charge on any atom is 0.237 e. The van der Waals surface area contributed by atoms with Crippen molar-refractivity contribution < 1.29 is 4.79 Å². The summed E-state index contributed by atoms with van der Waals surface area (Å²) in [4.78, 5) is 25.3. The largest absolute Gasteiger partial charge is 0.344 e. The molecule has 0 aromatic carbocycles. The van der Waals surface area contributed by atoms with Gasteiger partial charge in [0.15, 0.2) is 0 Å². The predicted molar refractivity (Wildman–Crippen MR) is 95.8 cm³/mol. The van der Waals surface area contributed by atoms with E-state index in [1.165, 1.54) is 24.2 Å². The molecular formula is C19H30N4O. The molecule has 3 rings (SSSR count). The van der Waals surface area contributed by atoms with Gasteiger partial charge in [0.25, 0.3) is 0 Å². The molecule has 1 saturated heterocycles. The van der Waals surface area contributed by atoms with Crippen LogP contribution >= 0.6 is 0 Å². The van der Waals surface area contributed by atoms with Gasteiger partial charge in [-0.05, 0) is 58.9 Å². The molecule has 5 nitrogen and oxygen atoms in total. The molecule has 132 valence electrons. The van der Waals surface area contributed by atoms with E-state index in [2.05, 4.69) is 16.5 Å². The summed E-state index contributed by atoms with van der Waals surface area (Å²) < 4.78 is 0. The molecule has 0 unspecified atom stereocenters. The lowest BCUT2D eigenvalue weighted by atomic mass is 10.0. The van der Waals surface area contributed by atoms with Crippen LogP contribution in [0.4, 0.5) is 0 Å². The number of aromatic amines is 1. The second-order valence-corrected chi connectivity index (χ2v) is 7.25. The number of amides is 1. The SMILES string of the molecule is C=C(C)CN(CC)C(=O)CN1CCC[C@@H]1c1nc2c([nH]1)CCCC2. The Kier molecular flexibility index (Phi) is 5.39. The Bertz CT molecular complexity index is 583. The number of likely N-dealkylation sites (N-methyl/N-ethyl adjacent to an activating group) is 1. The zero-order chi connectivity index (χ0) is 17.1. The highest BCUT2D eigenvalue weighted by atomic mass is 16.2. The molecule has 1 aromatic heterocycles. The molecule has 0 radical (unpaired) electrons. The Balaban J connectivity index is 1.68. The number of nitrogens with one attached hydrogen (secondary N) is 1. The molecule has 24 heavy (non-hydrogen) atoms. The van der Waals surface area contributed by atoms with E-state index in [4.69, 9.17) is 4.98 Å². The van der Waals surface area contributed by atoms with Gasteiger partial charge < -0.3 is 9.88 Å². The first-order valence-electron chi connectivity index (χ1n) is 9.32. The average Bonchev–Trinajstić information content (AvgIpc) is 3.17. The summed E-state index contributed by atoms with van der Waals surface area (Å²) in [7, 11) is 0. The second-order valence-electron chi connectivity index (χ2n) is 7.25. The Morgan fingerprint density at radius 3 is 2.88 bits per heavy atom. The first-order chi connectivity index (χ1) is 11.6. The minimum absolute atomic E-state index is 0.198. The maximum absolute atomic E-state index is 12.6. The number of carbonyl (C=O) groups excluding carboxylic acids is 1. The molecule has 1 N–H and O–H groups in total. The van der Waals surface area contributed by atoms with Crippen molar-refractivity contribution in [2.24, 2.45) is 0 Å². The Hall–Kier alpha value is -1.62. The van der Waals surface area contributed by atoms with E-state index in [0.717, 1.165) is 50.2 Å². The summed E-state index contributed by atoms with van der Waals surface area (Å²) in [6, 6.07) is 0.267. The third-order valence-electron chi connectivity index (χ3n) is 5.19. The number of aromatic nitrogens is 2. The number of H-pyrrole nitrogens is 1. The first-order valence-corrected chi connectivity index (χ1v) is 9.32. The quantitative estimate of drug-likeness (QED) is 0.816. The molecule has 1 aromatic rings. The van der Waals surface area contributed by atoms with E-state index in [9.17, 15) is 4.79 Å². The van der Waals surface area contributed by atoms with E-state index in [-0.39, 0.29) is 11.9 Å². The van der Waals surface area contributed by atoms with Crippen molar-refractivity contribution in [1.82, 2.24) is 19.8 Å². The van der Waals surface area contributed by atoms with Crippen molar-refractivity contribution in [1.29, 1.82) is 0 Å². The summed E-state index contributed by atoms with van der Waals surface area (Å²) in [5.74, 6) is 1.28. The third-order valence-corrected chi connectivity index (χ3v) is 5.19. The second kappa shape index (κ2) is 7.51. The van der Waals surface area contributed by atoms with Crippen LogP contribution in [0.3, 0.4) is 0 Å². The van der Waals surface area contributed by atoms with Gasteiger partial charge in [0.1, 0.15) is 5.82 Å². The molecular weight excluding hydrogens is 300 g/mol. The van der Waals surface area contributed by atoms with Gasteiger partial charge in [-0.3, -0.25) is 9.69 Å². The number of rotatable bonds is 6. The number of nitrogens with zero attached hydrogens (tertiary/aromatic N) is 3. The maximum atomic E-state index is 12.6. The van der Waals surface area contributed by atoms with Gasteiger partial charge in [0.2, 0.25) is 5.91 Å². The Morgan fingerprint density at radius 2 is 2.17 bits per heavy atom. The number of hydrogen-bond donors (Lipinski definition) is 1. The Labute approximate surface area is 145 Å². The van der Waals surface area contributed by atoms with Crippen molar-refractivity contribution in [2.45, 2.75) is 58.4 Å². The van der Waals surface area contributed by atoms with Gasteiger partial charge in [-0.15, -0.1) is 0 Å². The van der Waals surface area contributed by atoms with Gasteiger partial charge in [0.05, 0.1) is 18.3 Å². The van der Waals surface area contributed by atoms with Crippen LogP contribution < -0.4 is 0 Å². The number of carbonyl (C=O) groups is 1. The van der Waals surface area contributed by atoms with Crippen LogP contribution in [0.2, 0.25) is 0 Å². The fraction of sp³-hybridized carbons (Fsp3) is 0.684. The topological polar surface area (TPSA) is 52.2 Å². The minimum Gasteiger partial charge on any atom is -0.344 e. The lowest BCUT2D eigenvalue weighted by Gasteiger charge is -2.27. The van der Waals surface area contributed by atoms with E-state index < -0.39 is 0 Å². The fourth-order valence-electron chi connectivity index (χ4n) is 3.93. The van der Waals surface area contributed by atoms with Crippen molar-refractivity contribution in [3.8, 4) is 0 Å². The number of fused-ring (bicyclic) bond motifs is 1. The monoisotopic (exact) mass is 330 g/mol. The molecule has 0 saturated carbocycles. The van der Waals surface area contributed by atoms with Crippen LogP contribution in [0.5, 0.6) is 0 Å². The van der Waals surface area contributed by atoms with E-state index in [0.29, 0.717) is 13.1 Å². The molecule has 1 amide bonds. The van der Waals surface area contributed by atoms with Gasteiger partial charge in [0, 0.05) is 18.8 Å². The Morgan fingerprint density at radius 1 is 1.38 bits per heavy atom. The standard InChI is InChI=1S/C19H30N4O/c1-4-22(12-14(2)3)18(24)13-23-11-7-10-17(23)19-20-15-8-5-6-9-16(15)21-19/h17H,2,4-13H2,1,3H3,(H,20,21)/t17-/m1/s1. The number of aryl methyl sites for hydroxylation is 2. The zero-order valence-corrected chi connectivity index (χ0v) is 15.1. The third kappa shape index (κ3) is 3.72. The molecule has 0 spiro atoms. The van der Waals surface area contributed by atoms with Crippen LogP contribution in [0.25, 0.3) is 0 Å².